The van der Waals surface area contributed by atoms with Crippen molar-refractivity contribution in [2.75, 3.05) is 0 Å². The molecule has 2 rings (SSSR count). The summed E-state index contributed by atoms with van der Waals surface area (Å²) in [6.07, 6.45) is -4.48. The lowest BCUT2D eigenvalue weighted by molar-refractivity contribution is -0.137. The molecule has 0 atom stereocenters. The lowest BCUT2D eigenvalue weighted by Crippen LogP contribution is -2.09. The largest absolute Gasteiger partial charge is 0.417 e. The van der Waals surface area contributed by atoms with E-state index in [2.05, 4.69) is 36.3 Å². The zero-order chi connectivity index (χ0) is 13.3. The van der Waals surface area contributed by atoms with Crippen molar-refractivity contribution < 1.29 is 13.2 Å². The molecule has 0 radical (unpaired) electrons. The molecule has 0 saturated heterocycles. The molecule has 94 valence electrons. The van der Waals surface area contributed by atoms with Crippen LogP contribution >= 0.6 is 15.9 Å². The maximum Gasteiger partial charge on any atom is 0.417 e. The quantitative estimate of drug-likeness (QED) is 0.811. The molecule has 0 unspecified atom stereocenters. The van der Waals surface area contributed by atoms with Gasteiger partial charge in [-0.3, -0.25) is 0 Å². The van der Waals surface area contributed by atoms with Gasteiger partial charge < -0.3 is 0 Å². The summed E-state index contributed by atoms with van der Waals surface area (Å²) in [7, 11) is 0. The molecule has 2 aromatic rings. The molecule has 0 aliphatic heterocycles. The fraction of sp³-hybridized carbons (Fsp3) is 0.200. The molecule has 1 aromatic carbocycles. The van der Waals surface area contributed by atoms with E-state index in [9.17, 15) is 13.2 Å². The second-order valence-electron chi connectivity index (χ2n) is 3.46. The van der Waals surface area contributed by atoms with Gasteiger partial charge in [0.15, 0.2) is 5.82 Å². The van der Waals surface area contributed by atoms with Crippen molar-refractivity contribution in [3.05, 3.63) is 34.1 Å². The predicted molar refractivity (Wildman–Crippen MR) is 60.5 cm³/mol. The van der Waals surface area contributed by atoms with Crippen LogP contribution in [0, 0.1) is 6.92 Å². The van der Waals surface area contributed by atoms with Gasteiger partial charge in [-0.05, 0) is 25.1 Å². The number of benzene rings is 1. The number of halogens is 4. The molecule has 1 aromatic heterocycles. The second-order valence-corrected chi connectivity index (χ2v) is 4.37. The van der Waals surface area contributed by atoms with Crippen LogP contribution in [0.15, 0.2) is 22.7 Å². The van der Waals surface area contributed by atoms with Gasteiger partial charge in [-0.1, -0.05) is 15.9 Å². The molecule has 1 heterocycles. The molecule has 4 nitrogen and oxygen atoms in total. The second kappa shape index (κ2) is 4.60. The fourth-order valence-corrected chi connectivity index (χ4v) is 1.70. The van der Waals surface area contributed by atoms with E-state index in [1.54, 1.807) is 6.92 Å². The van der Waals surface area contributed by atoms with Crippen LogP contribution in [0.4, 0.5) is 13.2 Å². The van der Waals surface area contributed by atoms with E-state index in [0.29, 0.717) is 10.3 Å². The van der Waals surface area contributed by atoms with E-state index >= 15 is 0 Å². The lowest BCUT2D eigenvalue weighted by atomic mass is 10.1. The minimum absolute atomic E-state index is 0.156. The Morgan fingerprint density at radius 3 is 2.22 bits per heavy atom. The Bertz CT molecular complexity index is 568. The van der Waals surface area contributed by atoms with Crippen molar-refractivity contribution in [3.8, 4) is 11.4 Å². The van der Waals surface area contributed by atoms with Crippen molar-refractivity contribution in [1.82, 2.24) is 20.4 Å². The van der Waals surface area contributed by atoms with Gasteiger partial charge in [0, 0.05) is 10.0 Å². The van der Waals surface area contributed by atoms with Gasteiger partial charge in [0.25, 0.3) is 0 Å². The van der Waals surface area contributed by atoms with E-state index < -0.39 is 11.7 Å². The molecule has 0 saturated carbocycles. The number of rotatable bonds is 1. The average Bonchev–Trinajstić information content (AvgIpc) is 2.28. The van der Waals surface area contributed by atoms with Gasteiger partial charge >= 0.3 is 6.18 Å². The van der Waals surface area contributed by atoms with Crippen molar-refractivity contribution >= 4 is 15.9 Å². The van der Waals surface area contributed by atoms with E-state index in [1.165, 1.54) is 12.1 Å². The summed E-state index contributed by atoms with van der Waals surface area (Å²) < 4.78 is 39.0. The Morgan fingerprint density at radius 2 is 1.67 bits per heavy atom. The van der Waals surface area contributed by atoms with Crippen LogP contribution in [0.1, 0.15) is 11.4 Å². The first-order valence-electron chi connectivity index (χ1n) is 4.79. The molecule has 0 fully saturated rings. The molecule has 0 aliphatic carbocycles. The SMILES string of the molecule is Cc1nnc(-c2cc(Br)ccc2C(F)(F)F)nn1. The van der Waals surface area contributed by atoms with Crippen molar-refractivity contribution in [3.63, 3.8) is 0 Å². The predicted octanol–water partition coefficient (Wildman–Crippen LogP) is 3.02. The summed E-state index contributed by atoms with van der Waals surface area (Å²) in [4.78, 5) is 0. The van der Waals surface area contributed by atoms with Crippen LogP contribution < -0.4 is 0 Å². The van der Waals surface area contributed by atoms with E-state index in [1.807, 2.05) is 0 Å². The smallest absolute Gasteiger partial charge is 0.166 e. The maximum atomic E-state index is 12.8. The van der Waals surface area contributed by atoms with Crippen LogP contribution in [0.25, 0.3) is 11.4 Å². The van der Waals surface area contributed by atoms with Crippen LogP contribution in [0.2, 0.25) is 0 Å². The normalized spacial score (nSPS) is 11.6. The van der Waals surface area contributed by atoms with Gasteiger partial charge in [-0.25, -0.2) is 0 Å². The van der Waals surface area contributed by atoms with Crippen molar-refractivity contribution in [2.24, 2.45) is 0 Å². The van der Waals surface area contributed by atoms with E-state index in [4.69, 9.17) is 0 Å². The highest BCUT2D eigenvalue weighted by molar-refractivity contribution is 9.10. The highest BCUT2D eigenvalue weighted by atomic mass is 79.9. The summed E-state index contributed by atoms with van der Waals surface area (Å²) in [6, 6.07) is 3.56. The molecule has 0 N–H and O–H groups in total. The van der Waals surface area contributed by atoms with Gasteiger partial charge in [-0.15, -0.1) is 20.4 Å². The molecule has 18 heavy (non-hydrogen) atoms. The minimum atomic E-state index is -4.48. The lowest BCUT2D eigenvalue weighted by Gasteiger charge is -2.11. The average molecular weight is 319 g/mol. The number of hydrogen-bond donors (Lipinski definition) is 0. The standard InChI is InChI=1S/C10H6BrF3N4/c1-5-15-17-9(18-16-5)7-4-6(11)2-3-8(7)10(12,13)14/h2-4H,1H3. The zero-order valence-electron chi connectivity index (χ0n) is 9.03. The van der Waals surface area contributed by atoms with E-state index in [0.717, 1.165) is 6.07 Å². The van der Waals surface area contributed by atoms with Gasteiger partial charge in [0.1, 0.15) is 0 Å². The number of hydrogen-bond acceptors (Lipinski definition) is 4. The topological polar surface area (TPSA) is 51.6 Å². The number of aromatic nitrogens is 4. The van der Waals surface area contributed by atoms with Gasteiger partial charge in [0.2, 0.25) is 5.82 Å². The summed E-state index contributed by atoms with van der Waals surface area (Å²) >= 11 is 3.11. The van der Waals surface area contributed by atoms with Crippen molar-refractivity contribution in [2.45, 2.75) is 13.1 Å². The first-order chi connectivity index (χ1) is 8.38. The third-order valence-electron chi connectivity index (χ3n) is 2.11. The molecular formula is C10H6BrF3N4. The van der Waals surface area contributed by atoms with Crippen LogP contribution in [-0.4, -0.2) is 20.4 Å². The van der Waals surface area contributed by atoms with Gasteiger partial charge in [-0.2, -0.15) is 13.2 Å². The summed E-state index contributed by atoms with van der Waals surface area (Å²) in [5.74, 6) is 0.136. The van der Waals surface area contributed by atoms with Gasteiger partial charge in [0.05, 0.1) is 5.56 Å². The molecule has 0 bridgehead atoms. The Balaban J connectivity index is 2.62. The first kappa shape index (κ1) is 12.9. The molecular weight excluding hydrogens is 313 g/mol. The number of nitrogens with zero attached hydrogens (tertiary/aromatic N) is 4. The maximum absolute atomic E-state index is 12.8. The Morgan fingerprint density at radius 1 is 1.06 bits per heavy atom. The third kappa shape index (κ3) is 2.63. The third-order valence-corrected chi connectivity index (χ3v) is 2.60. The summed E-state index contributed by atoms with van der Waals surface area (Å²) in [6.45, 7) is 1.55. The van der Waals surface area contributed by atoms with Crippen LogP contribution in [0.5, 0.6) is 0 Å². The monoisotopic (exact) mass is 318 g/mol. The molecule has 0 spiro atoms. The Kier molecular flexibility index (Phi) is 3.29. The minimum Gasteiger partial charge on any atom is -0.166 e. The fourth-order valence-electron chi connectivity index (χ4n) is 1.34. The summed E-state index contributed by atoms with van der Waals surface area (Å²) in [5, 5.41) is 14.4. The van der Waals surface area contributed by atoms with Crippen LogP contribution in [0.3, 0.4) is 0 Å². The zero-order valence-corrected chi connectivity index (χ0v) is 10.6. The highest BCUT2D eigenvalue weighted by Gasteiger charge is 2.34. The summed E-state index contributed by atoms with van der Waals surface area (Å²) in [5.41, 5.74) is -0.977. The number of alkyl halides is 3. The van der Waals surface area contributed by atoms with Crippen molar-refractivity contribution in [1.29, 1.82) is 0 Å². The molecule has 8 heteroatoms. The molecule has 0 aliphatic rings. The Hall–Kier alpha value is -1.57. The molecule has 0 amide bonds. The Labute approximate surface area is 108 Å². The van der Waals surface area contributed by atoms with Crippen LogP contribution in [-0.2, 0) is 6.18 Å². The van der Waals surface area contributed by atoms with E-state index in [-0.39, 0.29) is 11.4 Å². The first-order valence-corrected chi connectivity index (χ1v) is 5.58. The number of aryl methyl sites for hydroxylation is 1. The highest BCUT2D eigenvalue weighted by Crippen LogP contribution is 2.36.